The molecule has 1 saturated heterocycles. The molecule has 2 heterocycles. The van der Waals surface area contributed by atoms with Gasteiger partial charge >= 0.3 is 0 Å². The van der Waals surface area contributed by atoms with Crippen LogP contribution >= 0.6 is 0 Å². The number of nitrogens with one attached hydrogen (secondary N) is 1. The third-order valence-electron chi connectivity index (χ3n) is 6.49. The molecule has 0 radical (unpaired) electrons. The van der Waals surface area contributed by atoms with E-state index in [1.54, 1.807) is 31.4 Å². The van der Waals surface area contributed by atoms with E-state index in [1.165, 1.54) is 5.69 Å². The summed E-state index contributed by atoms with van der Waals surface area (Å²) in [6.45, 7) is 3.76. The van der Waals surface area contributed by atoms with Crippen LogP contribution < -0.4 is 23.8 Å². The van der Waals surface area contributed by atoms with Crippen LogP contribution in [0.25, 0.3) is 0 Å². The summed E-state index contributed by atoms with van der Waals surface area (Å²) in [6.07, 6.45) is 0. The Labute approximate surface area is 206 Å². The highest BCUT2D eigenvalue weighted by Gasteiger charge is 2.28. The largest absolute Gasteiger partial charge is 0.497 e. The van der Waals surface area contributed by atoms with E-state index in [-0.39, 0.29) is 24.3 Å². The van der Waals surface area contributed by atoms with E-state index in [0.717, 1.165) is 31.7 Å². The van der Waals surface area contributed by atoms with Crippen molar-refractivity contribution in [1.29, 1.82) is 0 Å². The van der Waals surface area contributed by atoms with E-state index >= 15 is 0 Å². The maximum absolute atomic E-state index is 13.1. The number of sulfonamides is 1. The minimum absolute atomic E-state index is 0.157. The van der Waals surface area contributed by atoms with Gasteiger partial charge < -0.3 is 19.1 Å². The highest BCUT2D eigenvalue weighted by atomic mass is 32.2. The summed E-state index contributed by atoms with van der Waals surface area (Å²) in [7, 11) is -2.14. The molecule has 1 N–H and O–H groups in total. The monoisotopic (exact) mass is 495 g/mol. The number of anilines is 1. The maximum atomic E-state index is 13.1. The SMILES string of the molecule is COc1ccc(S(=O)(=O)NC[C@@H](c2ccc3c(c2)OCO3)N2CCN(c3ccccc3)CC2)cc1. The Bertz CT molecular complexity index is 1240. The molecule has 0 spiro atoms. The molecule has 0 amide bonds. The molecule has 9 heteroatoms. The van der Waals surface area contributed by atoms with Gasteiger partial charge in [-0.05, 0) is 54.1 Å². The Morgan fingerprint density at radius 2 is 1.63 bits per heavy atom. The van der Waals surface area contributed by atoms with E-state index in [0.29, 0.717) is 17.2 Å². The molecule has 184 valence electrons. The van der Waals surface area contributed by atoms with Crippen molar-refractivity contribution in [2.75, 3.05) is 51.5 Å². The van der Waals surface area contributed by atoms with Gasteiger partial charge in [0, 0.05) is 44.5 Å². The summed E-state index contributed by atoms with van der Waals surface area (Å²) in [5.74, 6) is 2.01. The molecule has 8 nitrogen and oxygen atoms in total. The number of hydrogen-bond acceptors (Lipinski definition) is 7. The van der Waals surface area contributed by atoms with Crippen LogP contribution in [0.5, 0.6) is 17.2 Å². The van der Waals surface area contributed by atoms with E-state index < -0.39 is 10.0 Å². The normalized spacial score (nSPS) is 16.8. The Hall–Kier alpha value is -3.27. The summed E-state index contributed by atoms with van der Waals surface area (Å²) < 4.78 is 45.1. The second-order valence-electron chi connectivity index (χ2n) is 8.51. The lowest BCUT2D eigenvalue weighted by Gasteiger charge is -2.40. The fraction of sp³-hybridized carbons (Fsp3) is 0.308. The number of benzene rings is 3. The van der Waals surface area contributed by atoms with E-state index in [9.17, 15) is 8.42 Å². The third kappa shape index (κ3) is 5.22. The summed E-state index contributed by atoms with van der Waals surface area (Å²) in [6, 6.07) is 22.4. The highest BCUT2D eigenvalue weighted by molar-refractivity contribution is 7.89. The fourth-order valence-corrected chi connectivity index (χ4v) is 5.57. The number of rotatable bonds is 8. The van der Waals surface area contributed by atoms with Crippen LogP contribution in [0, 0.1) is 0 Å². The molecule has 0 saturated carbocycles. The molecule has 2 aliphatic rings. The summed E-state index contributed by atoms with van der Waals surface area (Å²) in [5, 5.41) is 0. The van der Waals surface area contributed by atoms with Crippen molar-refractivity contribution >= 4 is 15.7 Å². The van der Waals surface area contributed by atoms with Gasteiger partial charge in [0.25, 0.3) is 0 Å². The lowest BCUT2D eigenvalue weighted by atomic mass is 10.0. The predicted octanol–water partition coefficient (Wildman–Crippen LogP) is 3.27. The second kappa shape index (κ2) is 10.2. The molecule has 2 aliphatic heterocycles. The van der Waals surface area contributed by atoms with Crippen LogP contribution in [-0.4, -0.2) is 59.9 Å². The molecule has 0 unspecified atom stereocenters. The van der Waals surface area contributed by atoms with E-state index in [1.807, 2.05) is 36.4 Å². The first-order valence-corrected chi connectivity index (χ1v) is 13.1. The Morgan fingerprint density at radius 1 is 0.914 bits per heavy atom. The van der Waals surface area contributed by atoms with Gasteiger partial charge in [-0.3, -0.25) is 4.90 Å². The van der Waals surface area contributed by atoms with Gasteiger partial charge in [0.15, 0.2) is 11.5 Å². The average molecular weight is 496 g/mol. The van der Waals surface area contributed by atoms with Crippen molar-refractivity contribution in [3.8, 4) is 17.2 Å². The minimum atomic E-state index is -3.69. The molecular weight excluding hydrogens is 466 g/mol. The topological polar surface area (TPSA) is 80.3 Å². The Morgan fingerprint density at radius 3 is 2.34 bits per heavy atom. The number of nitrogens with zero attached hydrogens (tertiary/aromatic N) is 2. The molecule has 35 heavy (non-hydrogen) atoms. The molecule has 0 aromatic heterocycles. The van der Waals surface area contributed by atoms with Crippen molar-refractivity contribution in [1.82, 2.24) is 9.62 Å². The first-order chi connectivity index (χ1) is 17.0. The molecule has 5 rings (SSSR count). The van der Waals surface area contributed by atoms with Crippen LogP contribution in [-0.2, 0) is 10.0 Å². The van der Waals surface area contributed by atoms with Crippen molar-refractivity contribution in [2.24, 2.45) is 0 Å². The number of fused-ring (bicyclic) bond motifs is 1. The van der Waals surface area contributed by atoms with Crippen LogP contribution in [0.4, 0.5) is 5.69 Å². The summed E-state index contributed by atoms with van der Waals surface area (Å²) in [4.78, 5) is 4.89. The maximum Gasteiger partial charge on any atom is 0.240 e. The van der Waals surface area contributed by atoms with Crippen LogP contribution in [0.3, 0.4) is 0 Å². The molecule has 3 aromatic carbocycles. The summed E-state index contributed by atoms with van der Waals surface area (Å²) >= 11 is 0. The van der Waals surface area contributed by atoms with Gasteiger partial charge in [0.05, 0.1) is 12.0 Å². The lowest BCUT2D eigenvalue weighted by molar-refractivity contribution is 0.173. The number of methoxy groups -OCH3 is 1. The smallest absolute Gasteiger partial charge is 0.240 e. The van der Waals surface area contributed by atoms with E-state index in [2.05, 4.69) is 26.7 Å². The number of hydrogen-bond donors (Lipinski definition) is 1. The quantitative estimate of drug-likeness (QED) is 0.514. The first-order valence-electron chi connectivity index (χ1n) is 11.6. The highest BCUT2D eigenvalue weighted by Crippen LogP contribution is 2.36. The molecule has 0 aliphatic carbocycles. The van der Waals surface area contributed by atoms with Crippen molar-refractivity contribution < 1.29 is 22.6 Å². The van der Waals surface area contributed by atoms with Gasteiger partial charge in [-0.1, -0.05) is 24.3 Å². The number of ether oxygens (including phenoxy) is 3. The first kappa shape index (κ1) is 23.5. The third-order valence-corrected chi connectivity index (χ3v) is 7.93. The predicted molar refractivity (Wildman–Crippen MR) is 134 cm³/mol. The zero-order chi connectivity index (χ0) is 24.3. The zero-order valence-electron chi connectivity index (χ0n) is 19.6. The number of para-hydroxylation sites is 1. The van der Waals surface area contributed by atoms with Gasteiger partial charge in [-0.15, -0.1) is 0 Å². The van der Waals surface area contributed by atoms with Crippen LogP contribution in [0.1, 0.15) is 11.6 Å². The Kier molecular flexibility index (Phi) is 6.81. The van der Waals surface area contributed by atoms with Gasteiger partial charge in [-0.25, -0.2) is 13.1 Å². The molecule has 3 aromatic rings. The van der Waals surface area contributed by atoms with Crippen LogP contribution in [0.2, 0.25) is 0 Å². The van der Waals surface area contributed by atoms with Gasteiger partial charge in [-0.2, -0.15) is 0 Å². The standard InChI is InChI=1S/C26H29N3O5S/c1-32-22-8-10-23(11-9-22)35(30,31)27-18-24(20-7-12-25-26(17-20)34-19-33-25)29-15-13-28(14-16-29)21-5-3-2-4-6-21/h2-12,17,24,27H,13-16,18-19H2,1H3/t24-/m0/s1. The van der Waals surface area contributed by atoms with Gasteiger partial charge in [0.1, 0.15) is 5.75 Å². The van der Waals surface area contributed by atoms with Crippen molar-refractivity contribution in [2.45, 2.75) is 10.9 Å². The molecule has 1 fully saturated rings. The lowest BCUT2D eigenvalue weighted by Crippen LogP contribution is -2.49. The fourth-order valence-electron chi connectivity index (χ4n) is 4.54. The molecular formula is C26H29N3O5S. The Balaban J connectivity index is 1.34. The average Bonchev–Trinajstić information content (AvgIpc) is 3.38. The summed E-state index contributed by atoms with van der Waals surface area (Å²) in [5.41, 5.74) is 2.19. The van der Waals surface area contributed by atoms with Crippen molar-refractivity contribution in [3.05, 3.63) is 78.4 Å². The second-order valence-corrected chi connectivity index (χ2v) is 10.3. The van der Waals surface area contributed by atoms with Crippen molar-refractivity contribution in [3.63, 3.8) is 0 Å². The zero-order valence-corrected chi connectivity index (χ0v) is 20.4. The molecule has 0 bridgehead atoms. The number of piperazine rings is 1. The van der Waals surface area contributed by atoms with E-state index in [4.69, 9.17) is 14.2 Å². The minimum Gasteiger partial charge on any atom is -0.497 e. The molecule has 1 atom stereocenters. The van der Waals surface area contributed by atoms with Gasteiger partial charge in [0.2, 0.25) is 16.8 Å². The van der Waals surface area contributed by atoms with Crippen LogP contribution in [0.15, 0.2) is 77.7 Å².